The zero-order valence-electron chi connectivity index (χ0n) is 17.5. The molecule has 1 fully saturated rings. The van der Waals surface area contributed by atoms with Gasteiger partial charge in [0.05, 0.1) is 30.1 Å². The van der Waals surface area contributed by atoms with Gasteiger partial charge in [0.15, 0.2) is 0 Å². The van der Waals surface area contributed by atoms with Crippen LogP contribution in [0.3, 0.4) is 0 Å². The van der Waals surface area contributed by atoms with Crippen LogP contribution in [0.25, 0.3) is 0 Å². The van der Waals surface area contributed by atoms with Crippen molar-refractivity contribution in [1.82, 2.24) is 4.31 Å². The fourth-order valence-electron chi connectivity index (χ4n) is 3.15. The standard InChI is InChI=1S/C20H25N3O6S2/c1-14-5-7-17(31(27,28)23-8-10-29-11-9-23)13-18(14)20(24)21-16-6-4-15(2)19(12-16)22-30(3,25)26/h4-7,12-13,22H,8-11H2,1-3H3,(H,21,24). The molecule has 31 heavy (non-hydrogen) atoms. The van der Waals surface area contributed by atoms with Gasteiger partial charge in [-0.05, 0) is 49.2 Å². The highest BCUT2D eigenvalue weighted by molar-refractivity contribution is 7.92. The summed E-state index contributed by atoms with van der Waals surface area (Å²) in [7, 11) is -7.22. The normalized spacial score (nSPS) is 15.5. The molecule has 0 spiro atoms. The Kier molecular flexibility index (Phi) is 6.70. The number of rotatable bonds is 6. The van der Waals surface area contributed by atoms with E-state index in [-0.39, 0.29) is 23.5 Å². The Labute approximate surface area is 182 Å². The summed E-state index contributed by atoms with van der Waals surface area (Å²) in [5.41, 5.74) is 2.24. The molecule has 0 aliphatic carbocycles. The van der Waals surface area contributed by atoms with Crippen molar-refractivity contribution in [3.8, 4) is 0 Å². The highest BCUT2D eigenvalue weighted by Gasteiger charge is 2.27. The second-order valence-electron chi connectivity index (χ2n) is 7.35. The van der Waals surface area contributed by atoms with Crippen molar-refractivity contribution in [3.63, 3.8) is 0 Å². The van der Waals surface area contributed by atoms with E-state index in [0.717, 1.165) is 6.26 Å². The molecule has 0 aromatic heterocycles. The number of ether oxygens (including phenoxy) is 1. The lowest BCUT2D eigenvalue weighted by atomic mass is 10.1. The molecule has 1 aliphatic heterocycles. The maximum absolute atomic E-state index is 12.9. The van der Waals surface area contributed by atoms with Crippen LogP contribution in [0.2, 0.25) is 0 Å². The quantitative estimate of drug-likeness (QED) is 0.670. The molecule has 2 N–H and O–H groups in total. The van der Waals surface area contributed by atoms with Crippen molar-refractivity contribution >= 4 is 37.3 Å². The summed E-state index contributed by atoms with van der Waals surface area (Å²) in [5.74, 6) is -0.495. The molecular formula is C20H25N3O6S2. The fourth-order valence-corrected chi connectivity index (χ4v) is 5.20. The average Bonchev–Trinajstić information content (AvgIpc) is 2.70. The number of nitrogens with zero attached hydrogens (tertiary/aromatic N) is 1. The van der Waals surface area contributed by atoms with Crippen molar-refractivity contribution in [2.24, 2.45) is 0 Å². The average molecular weight is 468 g/mol. The number of aryl methyl sites for hydroxylation is 2. The predicted molar refractivity (Wildman–Crippen MR) is 118 cm³/mol. The molecule has 0 atom stereocenters. The van der Waals surface area contributed by atoms with Crippen LogP contribution in [-0.2, 0) is 24.8 Å². The van der Waals surface area contributed by atoms with Crippen molar-refractivity contribution < 1.29 is 26.4 Å². The van der Waals surface area contributed by atoms with E-state index in [2.05, 4.69) is 10.0 Å². The molecule has 0 saturated carbocycles. The molecule has 1 amide bonds. The molecule has 0 bridgehead atoms. The molecule has 0 unspecified atom stereocenters. The van der Waals surface area contributed by atoms with Gasteiger partial charge in [-0.2, -0.15) is 4.31 Å². The van der Waals surface area contributed by atoms with Crippen LogP contribution in [0.15, 0.2) is 41.3 Å². The van der Waals surface area contributed by atoms with Gasteiger partial charge in [0.25, 0.3) is 5.91 Å². The number of benzene rings is 2. The number of nitrogens with one attached hydrogen (secondary N) is 2. The largest absolute Gasteiger partial charge is 0.379 e. The van der Waals surface area contributed by atoms with E-state index in [0.29, 0.717) is 35.7 Å². The van der Waals surface area contributed by atoms with Crippen molar-refractivity contribution in [2.75, 3.05) is 42.6 Å². The molecule has 2 aromatic rings. The first-order valence-corrected chi connectivity index (χ1v) is 12.9. The summed E-state index contributed by atoms with van der Waals surface area (Å²) >= 11 is 0. The highest BCUT2D eigenvalue weighted by Crippen LogP contribution is 2.24. The van der Waals surface area contributed by atoms with Crippen LogP contribution in [0.5, 0.6) is 0 Å². The Hall–Kier alpha value is -2.47. The van der Waals surface area contributed by atoms with Gasteiger partial charge in [-0.3, -0.25) is 9.52 Å². The van der Waals surface area contributed by atoms with Gasteiger partial charge < -0.3 is 10.1 Å². The van der Waals surface area contributed by atoms with Gasteiger partial charge in [-0.25, -0.2) is 16.8 Å². The fraction of sp³-hybridized carbons (Fsp3) is 0.350. The van der Waals surface area contributed by atoms with E-state index >= 15 is 0 Å². The zero-order chi connectivity index (χ0) is 22.8. The minimum atomic E-state index is -3.74. The molecule has 2 aromatic carbocycles. The Balaban J connectivity index is 1.87. The van der Waals surface area contributed by atoms with E-state index in [1.807, 2.05) is 0 Å². The molecule has 0 radical (unpaired) electrons. The topological polar surface area (TPSA) is 122 Å². The second-order valence-corrected chi connectivity index (χ2v) is 11.0. The highest BCUT2D eigenvalue weighted by atomic mass is 32.2. The van der Waals surface area contributed by atoms with Gasteiger partial charge in [0, 0.05) is 24.3 Å². The summed E-state index contributed by atoms with van der Waals surface area (Å²) in [4.78, 5) is 12.9. The van der Waals surface area contributed by atoms with E-state index in [9.17, 15) is 21.6 Å². The van der Waals surface area contributed by atoms with E-state index < -0.39 is 26.0 Å². The third-order valence-corrected chi connectivity index (χ3v) is 7.34. The minimum Gasteiger partial charge on any atom is -0.379 e. The predicted octanol–water partition coefficient (Wildman–Crippen LogP) is 1.95. The number of hydrogen-bond acceptors (Lipinski definition) is 6. The van der Waals surface area contributed by atoms with Crippen LogP contribution in [0.1, 0.15) is 21.5 Å². The van der Waals surface area contributed by atoms with E-state index in [1.165, 1.54) is 22.5 Å². The third kappa shape index (κ3) is 5.62. The maximum Gasteiger partial charge on any atom is 0.255 e. The number of carbonyl (C=O) groups excluding carboxylic acids is 1. The molecule has 1 aliphatic rings. The summed E-state index contributed by atoms with van der Waals surface area (Å²) in [6, 6.07) is 9.27. The number of carbonyl (C=O) groups is 1. The van der Waals surface area contributed by atoms with Crippen LogP contribution < -0.4 is 10.0 Å². The number of hydrogen-bond donors (Lipinski definition) is 2. The smallest absolute Gasteiger partial charge is 0.255 e. The zero-order valence-corrected chi connectivity index (χ0v) is 19.1. The Morgan fingerprint density at radius 3 is 2.26 bits per heavy atom. The van der Waals surface area contributed by atoms with E-state index in [4.69, 9.17) is 4.74 Å². The number of morpholine rings is 1. The molecule has 168 valence electrons. The van der Waals surface area contributed by atoms with Gasteiger partial charge in [-0.1, -0.05) is 12.1 Å². The Bertz CT molecular complexity index is 1200. The van der Waals surface area contributed by atoms with Crippen molar-refractivity contribution in [1.29, 1.82) is 0 Å². The SMILES string of the molecule is Cc1ccc(NC(=O)c2cc(S(=O)(=O)N3CCOCC3)ccc2C)cc1NS(C)(=O)=O. The monoisotopic (exact) mass is 467 g/mol. The number of sulfonamides is 2. The van der Waals surface area contributed by atoms with Crippen LogP contribution in [0.4, 0.5) is 11.4 Å². The van der Waals surface area contributed by atoms with Gasteiger partial charge >= 0.3 is 0 Å². The maximum atomic E-state index is 12.9. The lowest BCUT2D eigenvalue weighted by Gasteiger charge is -2.26. The van der Waals surface area contributed by atoms with Crippen LogP contribution in [0, 0.1) is 13.8 Å². The molecular weight excluding hydrogens is 442 g/mol. The first-order valence-electron chi connectivity index (χ1n) is 9.56. The van der Waals surface area contributed by atoms with Crippen molar-refractivity contribution in [2.45, 2.75) is 18.7 Å². The van der Waals surface area contributed by atoms with Crippen LogP contribution in [-0.4, -0.2) is 59.6 Å². The Morgan fingerprint density at radius 2 is 1.61 bits per heavy atom. The summed E-state index contributed by atoms with van der Waals surface area (Å²) < 4.78 is 57.9. The molecule has 1 heterocycles. The van der Waals surface area contributed by atoms with E-state index in [1.54, 1.807) is 32.0 Å². The molecule has 9 nitrogen and oxygen atoms in total. The first-order chi connectivity index (χ1) is 14.5. The lowest BCUT2D eigenvalue weighted by molar-refractivity contribution is 0.0730. The Morgan fingerprint density at radius 1 is 0.968 bits per heavy atom. The molecule has 1 saturated heterocycles. The first kappa shape index (κ1) is 23.2. The number of anilines is 2. The summed E-state index contributed by atoms with van der Waals surface area (Å²) in [5, 5.41) is 2.71. The van der Waals surface area contributed by atoms with Gasteiger partial charge in [-0.15, -0.1) is 0 Å². The molecule has 3 rings (SSSR count). The number of amides is 1. The third-order valence-electron chi connectivity index (χ3n) is 4.85. The van der Waals surface area contributed by atoms with Crippen LogP contribution >= 0.6 is 0 Å². The van der Waals surface area contributed by atoms with Crippen molar-refractivity contribution in [3.05, 3.63) is 53.1 Å². The summed E-state index contributed by atoms with van der Waals surface area (Å²) in [6.45, 7) is 4.63. The van der Waals surface area contributed by atoms with Gasteiger partial charge in [0.1, 0.15) is 0 Å². The molecule has 11 heteroatoms. The minimum absolute atomic E-state index is 0.0356. The lowest BCUT2D eigenvalue weighted by Crippen LogP contribution is -2.40. The van der Waals surface area contributed by atoms with Gasteiger partial charge in [0.2, 0.25) is 20.0 Å². The summed E-state index contributed by atoms with van der Waals surface area (Å²) in [6.07, 6.45) is 1.04. The second kappa shape index (κ2) is 8.95.